The first kappa shape index (κ1) is 15.5. The zero-order valence-electron chi connectivity index (χ0n) is 13.8. The highest BCUT2D eigenvalue weighted by Gasteiger charge is 2.48. The molecule has 0 unspecified atom stereocenters. The van der Waals surface area contributed by atoms with E-state index in [9.17, 15) is 4.79 Å². The minimum atomic E-state index is -0.0723. The van der Waals surface area contributed by atoms with Gasteiger partial charge in [-0.25, -0.2) is 0 Å². The SMILES string of the molecule is CCCCCN1CCC2(CC1)CCN(c1ccccc1)C2=O. The molecule has 2 heterocycles. The number of piperidine rings is 1. The summed E-state index contributed by atoms with van der Waals surface area (Å²) in [4.78, 5) is 17.5. The lowest BCUT2D eigenvalue weighted by molar-refractivity contribution is -0.128. The van der Waals surface area contributed by atoms with Crippen molar-refractivity contribution in [3.8, 4) is 0 Å². The van der Waals surface area contributed by atoms with Crippen LogP contribution in [0.1, 0.15) is 45.4 Å². The number of nitrogens with zero attached hydrogens (tertiary/aromatic N) is 2. The molecule has 0 atom stereocenters. The number of benzene rings is 1. The van der Waals surface area contributed by atoms with Crippen molar-refractivity contribution < 1.29 is 4.79 Å². The second kappa shape index (κ2) is 6.82. The van der Waals surface area contributed by atoms with Crippen molar-refractivity contribution >= 4 is 11.6 Å². The van der Waals surface area contributed by atoms with E-state index in [1.54, 1.807) is 0 Å². The first-order chi connectivity index (χ1) is 10.7. The summed E-state index contributed by atoms with van der Waals surface area (Å²) in [7, 11) is 0. The van der Waals surface area contributed by atoms with E-state index in [1.807, 2.05) is 23.1 Å². The average Bonchev–Trinajstić information content (AvgIpc) is 2.87. The highest BCUT2D eigenvalue weighted by molar-refractivity contribution is 5.99. The molecular formula is C19H28N2O. The Kier molecular flexibility index (Phi) is 4.82. The number of rotatable bonds is 5. The Morgan fingerprint density at radius 2 is 1.68 bits per heavy atom. The molecule has 0 saturated carbocycles. The van der Waals surface area contributed by atoms with Crippen LogP contribution in [-0.2, 0) is 4.79 Å². The lowest BCUT2D eigenvalue weighted by Gasteiger charge is -2.38. The highest BCUT2D eigenvalue weighted by atomic mass is 16.2. The van der Waals surface area contributed by atoms with Crippen LogP contribution >= 0.6 is 0 Å². The van der Waals surface area contributed by atoms with Crippen LogP contribution in [0, 0.1) is 5.41 Å². The maximum atomic E-state index is 13.0. The lowest BCUT2D eigenvalue weighted by Crippen LogP contribution is -2.45. The Hall–Kier alpha value is -1.35. The van der Waals surface area contributed by atoms with Gasteiger partial charge in [-0.15, -0.1) is 0 Å². The normalized spacial score (nSPS) is 21.7. The summed E-state index contributed by atoms with van der Waals surface area (Å²) in [5.41, 5.74) is 0.992. The average molecular weight is 300 g/mol. The van der Waals surface area contributed by atoms with Gasteiger partial charge in [0.25, 0.3) is 0 Å². The molecule has 0 aliphatic carbocycles. The van der Waals surface area contributed by atoms with Crippen LogP contribution in [-0.4, -0.2) is 37.0 Å². The summed E-state index contributed by atoms with van der Waals surface area (Å²) in [6, 6.07) is 10.1. The van der Waals surface area contributed by atoms with Gasteiger partial charge in [-0.05, 0) is 57.5 Å². The molecule has 2 fully saturated rings. The van der Waals surface area contributed by atoms with Crippen molar-refractivity contribution in [3.63, 3.8) is 0 Å². The maximum absolute atomic E-state index is 13.0. The fourth-order valence-electron chi connectivity index (χ4n) is 3.93. The van der Waals surface area contributed by atoms with Crippen LogP contribution in [0.3, 0.4) is 0 Å². The molecule has 1 spiro atoms. The fraction of sp³-hybridized carbons (Fsp3) is 0.632. The molecule has 2 aliphatic rings. The lowest BCUT2D eigenvalue weighted by atomic mass is 9.77. The Morgan fingerprint density at radius 3 is 2.36 bits per heavy atom. The summed E-state index contributed by atoms with van der Waals surface area (Å²) in [5, 5.41) is 0. The fourth-order valence-corrected chi connectivity index (χ4v) is 3.93. The number of para-hydroxylation sites is 1. The molecule has 0 aromatic heterocycles. The first-order valence-corrected chi connectivity index (χ1v) is 8.84. The van der Waals surface area contributed by atoms with E-state index >= 15 is 0 Å². The third kappa shape index (κ3) is 3.05. The summed E-state index contributed by atoms with van der Waals surface area (Å²) >= 11 is 0. The van der Waals surface area contributed by atoms with Gasteiger partial charge >= 0.3 is 0 Å². The van der Waals surface area contributed by atoms with Crippen molar-refractivity contribution in [2.24, 2.45) is 5.41 Å². The van der Waals surface area contributed by atoms with E-state index < -0.39 is 0 Å². The monoisotopic (exact) mass is 300 g/mol. The maximum Gasteiger partial charge on any atom is 0.233 e. The minimum absolute atomic E-state index is 0.0723. The van der Waals surface area contributed by atoms with Crippen LogP contribution in [0.25, 0.3) is 0 Å². The highest BCUT2D eigenvalue weighted by Crippen LogP contribution is 2.43. The molecule has 3 rings (SSSR count). The van der Waals surface area contributed by atoms with Gasteiger partial charge in [-0.1, -0.05) is 38.0 Å². The second-order valence-corrected chi connectivity index (χ2v) is 6.87. The summed E-state index contributed by atoms with van der Waals surface area (Å²) in [6.45, 7) is 6.54. The topological polar surface area (TPSA) is 23.6 Å². The summed E-state index contributed by atoms with van der Waals surface area (Å²) in [6.07, 6.45) is 7.02. The van der Waals surface area contributed by atoms with Crippen LogP contribution in [0.5, 0.6) is 0 Å². The van der Waals surface area contributed by atoms with Gasteiger partial charge in [0.15, 0.2) is 0 Å². The molecule has 1 aromatic rings. The number of hydrogen-bond acceptors (Lipinski definition) is 2. The number of unbranched alkanes of at least 4 members (excludes halogenated alkanes) is 2. The zero-order valence-corrected chi connectivity index (χ0v) is 13.8. The van der Waals surface area contributed by atoms with Crippen LogP contribution in [0.2, 0.25) is 0 Å². The van der Waals surface area contributed by atoms with E-state index in [4.69, 9.17) is 0 Å². The number of hydrogen-bond donors (Lipinski definition) is 0. The Labute approximate surface area is 134 Å². The molecule has 3 nitrogen and oxygen atoms in total. The van der Waals surface area contributed by atoms with Gasteiger partial charge in [0.1, 0.15) is 0 Å². The molecule has 1 aromatic carbocycles. The third-order valence-electron chi connectivity index (χ3n) is 5.47. The van der Waals surface area contributed by atoms with Gasteiger partial charge in [-0.3, -0.25) is 4.79 Å². The zero-order chi connectivity index (χ0) is 15.4. The van der Waals surface area contributed by atoms with E-state index in [0.29, 0.717) is 5.91 Å². The van der Waals surface area contributed by atoms with Gasteiger partial charge < -0.3 is 9.80 Å². The molecule has 0 bridgehead atoms. The Bertz CT molecular complexity index is 491. The molecule has 1 amide bonds. The van der Waals surface area contributed by atoms with Crippen molar-refractivity contribution in [2.75, 3.05) is 31.1 Å². The van der Waals surface area contributed by atoms with Crippen LogP contribution in [0.4, 0.5) is 5.69 Å². The molecule has 2 saturated heterocycles. The van der Waals surface area contributed by atoms with Crippen molar-refractivity contribution in [1.82, 2.24) is 4.90 Å². The van der Waals surface area contributed by atoms with Crippen LogP contribution in [0.15, 0.2) is 30.3 Å². The smallest absolute Gasteiger partial charge is 0.233 e. The predicted octanol–water partition coefficient (Wildman–Crippen LogP) is 3.70. The largest absolute Gasteiger partial charge is 0.312 e. The third-order valence-corrected chi connectivity index (χ3v) is 5.47. The van der Waals surface area contributed by atoms with Crippen molar-refractivity contribution in [1.29, 1.82) is 0 Å². The minimum Gasteiger partial charge on any atom is -0.312 e. The summed E-state index contributed by atoms with van der Waals surface area (Å²) < 4.78 is 0. The predicted molar refractivity (Wildman–Crippen MR) is 91.0 cm³/mol. The number of amides is 1. The molecular weight excluding hydrogens is 272 g/mol. The Balaban J connectivity index is 1.59. The number of carbonyl (C=O) groups is 1. The summed E-state index contributed by atoms with van der Waals surface area (Å²) in [5.74, 6) is 0.368. The quantitative estimate of drug-likeness (QED) is 0.774. The van der Waals surface area contributed by atoms with Gasteiger partial charge in [0.05, 0.1) is 5.41 Å². The molecule has 2 aliphatic heterocycles. The number of likely N-dealkylation sites (tertiary alicyclic amines) is 1. The standard InChI is InChI=1S/C19H28N2O/c1-2-3-7-13-20-14-10-19(11-15-20)12-16-21(18(19)22)17-8-5-4-6-9-17/h4-6,8-9H,2-3,7,10-16H2,1H3. The van der Waals surface area contributed by atoms with E-state index in [-0.39, 0.29) is 5.41 Å². The molecule has 22 heavy (non-hydrogen) atoms. The number of anilines is 1. The van der Waals surface area contributed by atoms with Crippen molar-refractivity contribution in [2.45, 2.75) is 45.4 Å². The van der Waals surface area contributed by atoms with Gasteiger partial charge in [0, 0.05) is 12.2 Å². The van der Waals surface area contributed by atoms with Gasteiger partial charge in [0.2, 0.25) is 5.91 Å². The van der Waals surface area contributed by atoms with Crippen molar-refractivity contribution in [3.05, 3.63) is 30.3 Å². The van der Waals surface area contributed by atoms with Gasteiger partial charge in [-0.2, -0.15) is 0 Å². The molecule has 120 valence electrons. The second-order valence-electron chi connectivity index (χ2n) is 6.87. The molecule has 0 radical (unpaired) electrons. The first-order valence-electron chi connectivity index (χ1n) is 8.84. The van der Waals surface area contributed by atoms with E-state index in [1.165, 1.54) is 25.8 Å². The van der Waals surface area contributed by atoms with Crippen LogP contribution < -0.4 is 4.90 Å². The molecule has 3 heteroatoms. The molecule has 0 N–H and O–H groups in total. The number of carbonyl (C=O) groups excluding carboxylic acids is 1. The van der Waals surface area contributed by atoms with E-state index in [0.717, 1.165) is 44.6 Å². The van der Waals surface area contributed by atoms with E-state index in [2.05, 4.69) is 24.0 Å². The Morgan fingerprint density at radius 1 is 1.00 bits per heavy atom.